The number of rotatable bonds is 5. The third kappa shape index (κ3) is 4.51. The van der Waals surface area contributed by atoms with Gasteiger partial charge in [-0.2, -0.15) is 0 Å². The van der Waals surface area contributed by atoms with E-state index in [1.807, 2.05) is 6.92 Å². The van der Waals surface area contributed by atoms with Crippen LogP contribution in [0.25, 0.3) is 10.9 Å². The van der Waals surface area contributed by atoms with Gasteiger partial charge in [-0.25, -0.2) is 4.98 Å². The maximum absolute atomic E-state index is 13.0. The predicted octanol–water partition coefficient (Wildman–Crippen LogP) is 5.04. The molecule has 0 atom stereocenters. The van der Waals surface area contributed by atoms with Gasteiger partial charge in [-0.05, 0) is 42.8 Å². The highest BCUT2D eigenvalue weighted by Gasteiger charge is 2.20. The first kappa shape index (κ1) is 19.9. The molecule has 0 aliphatic carbocycles. The van der Waals surface area contributed by atoms with Crippen LogP contribution in [-0.2, 0) is 6.54 Å². The molecule has 0 spiro atoms. The summed E-state index contributed by atoms with van der Waals surface area (Å²) in [5.41, 5.74) is 0.618. The van der Waals surface area contributed by atoms with E-state index in [-0.39, 0.29) is 18.0 Å². The highest BCUT2D eigenvalue weighted by molar-refractivity contribution is 9.10. The Hall–Kier alpha value is -1.89. The Morgan fingerprint density at radius 3 is 2.74 bits per heavy atom. The summed E-state index contributed by atoms with van der Waals surface area (Å²) < 4.78 is 0.763. The summed E-state index contributed by atoms with van der Waals surface area (Å²) in [7, 11) is 0. The molecule has 0 radical (unpaired) electrons. The van der Waals surface area contributed by atoms with Crippen molar-refractivity contribution in [1.82, 2.24) is 14.9 Å². The van der Waals surface area contributed by atoms with Crippen molar-refractivity contribution in [3.8, 4) is 0 Å². The number of benzene rings is 2. The highest BCUT2D eigenvalue weighted by Crippen LogP contribution is 2.23. The van der Waals surface area contributed by atoms with Gasteiger partial charge in [0.05, 0.1) is 28.0 Å². The van der Waals surface area contributed by atoms with E-state index < -0.39 is 0 Å². The van der Waals surface area contributed by atoms with Crippen molar-refractivity contribution in [1.29, 1.82) is 0 Å². The molecule has 5 nitrogen and oxygen atoms in total. The van der Waals surface area contributed by atoms with E-state index in [1.165, 1.54) is 0 Å². The molecule has 1 aromatic heterocycles. The number of aromatic amines is 1. The smallest absolute Gasteiger partial charge is 0.258 e. The molecule has 0 saturated heterocycles. The summed E-state index contributed by atoms with van der Waals surface area (Å²) in [5, 5.41) is 1.32. The summed E-state index contributed by atoms with van der Waals surface area (Å²) in [4.78, 5) is 34.1. The molecule has 0 bridgehead atoms. The Morgan fingerprint density at radius 1 is 1.22 bits per heavy atom. The minimum Gasteiger partial charge on any atom is -0.331 e. The fourth-order valence-electron chi connectivity index (χ4n) is 2.77. The van der Waals surface area contributed by atoms with Crippen LogP contribution in [0.15, 0.2) is 45.7 Å². The molecule has 1 heterocycles. The molecule has 0 aliphatic rings. The van der Waals surface area contributed by atoms with Crippen LogP contribution >= 0.6 is 39.1 Å². The number of halogens is 3. The van der Waals surface area contributed by atoms with Gasteiger partial charge >= 0.3 is 0 Å². The van der Waals surface area contributed by atoms with E-state index >= 15 is 0 Å². The minimum atomic E-state index is -0.268. The quantitative estimate of drug-likeness (QED) is 0.570. The van der Waals surface area contributed by atoms with Gasteiger partial charge < -0.3 is 9.88 Å². The van der Waals surface area contributed by atoms with Gasteiger partial charge in [-0.15, -0.1) is 0 Å². The number of hydrogen-bond acceptors (Lipinski definition) is 3. The van der Waals surface area contributed by atoms with E-state index in [0.717, 1.165) is 10.9 Å². The SMILES string of the molecule is CCCN(Cc1nc2cc(Cl)ccc2c(=O)[nH]1)C(=O)c1cc(Br)ccc1Cl. The largest absolute Gasteiger partial charge is 0.331 e. The van der Waals surface area contributed by atoms with Gasteiger partial charge in [0.25, 0.3) is 11.5 Å². The Bertz CT molecular complexity index is 1070. The second-order valence-electron chi connectivity index (χ2n) is 6.02. The van der Waals surface area contributed by atoms with Crippen molar-refractivity contribution in [2.45, 2.75) is 19.9 Å². The molecular weight excluding hydrogens is 453 g/mol. The van der Waals surface area contributed by atoms with Crippen molar-refractivity contribution in [2.24, 2.45) is 0 Å². The number of carbonyl (C=O) groups is 1. The molecule has 0 fully saturated rings. The Morgan fingerprint density at radius 2 is 2.00 bits per heavy atom. The van der Waals surface area contributed by atoms with Gasteiger partial charge in [0.1, 0.15) is 5.82 Å². The minimum absolute atomic E-state index is 0.160. The maximum Gasteiger partial charge on any atom is 0.258 e. The molecule has 0 unspecified atom stereocenters. The molecule has 1 N–H and O–H groups in total. The van der Waals surface area contributed by atoms with E-state index in [4.69, 9.17) is 23.2 Å². The van der Waals surface area contributed by atoms with Crippen LogP contribution in [0.2, 0.25) is 10.0 Å². The topological polar surface area (TPSA) is 66.1 Å². The average molecular weight is 469 g/mol. The monoisotopic (exact) mass is 467 g/mol. The maximum atomic E-state index is 13.0. The average Bonchev–Trinajstić information content (AvgIpc) is 2.62. The number of H-pyrrole nitrogens is 1. The summed E-state index contributed by atoms with van der Waals surface area (Å²) in [5.74, 6) is 0.166. The first-order valence-electron chi connectivity index (χ1n) is 8.32. The van der Waals surface area contributed by atoms with Gasteiger partial charge in [0.15, 0.2) is 0 Å². The van der Waals surface area contributed by atoms with Gasteiger partial charge in [-0.1, -0.05) is 46.1 Å². The van der Waals surface area contributed by atoms with Crippen LogP contribution in [-0.4, -0.2) is 27.3 Å². The molecule has 1 amide bonds. The van der Waals surface area contributed by atoms with E-state index in [1.54, 1.807) is 41.3 Å². The summed E-state index contributed by atoms with van der Waals surface area (Å²) >= 11 is 15.6. The second-order valence-corrected chi connectivity index (χ2v) is 7.78. The number of nitrogens with one attached hydrogen (secondary N) is 1. The van der Waals surface area contributed by atoms with Gasteiger partial charge in [0, 0.05) is 16.0 Å². The normalized spacial score (nSPS) is 11.0. The van der Waals surface area contributed by atoms with E-state index in [0.29, 0.717) is 38.9 Å². The lowest BCUT2D eigenvalue weighted by atomic mass is 10.2. The zero-order valence-corrected chi connectivity index (χ0v) is 17.5. The number of amides is 1. The van der Waals surface area contributed by atoms with Crippen molar-refractivity contribution < 1.29 is 4.79 Å². The molecule has 0 saturated carbocycles. The van der Waals surface area contributed by atoms with Crippen molar-refractivity contribution >= 4 is 55.9 Å². The van der Waals surface area contributed by atoms with Gasteiger partial charge in [0.2, 0.25) is 0 Å². The molecule has 2 aromatic carbocycles. The molecular formula is C19H16BrCl2N3O2. The van der Waals surface area contributed by atoms with Crippen molar-refractivity contribution in [3.05, 3.63) is 72.7 Å². The lowest BCUT2D eigenvalue weighted by Crippen LogP contribution is -2.33. The first-order valence-corrected chi connectivity index (χ1v) is 9.86. The Labute approximate surface area is 174 Å². The van der Waals surface area contributed by atoms with E-state index in [2.05, 4.69) is 25.9 Å². The van der Waals surface area contributed by atoms with Crippen LogP contribution in [0.3, 0.4) is 0 Å². The standard InChI is InChI=1S/C19H16BrCl2N3O2/c1-2-7-25(19(27)14-8-11(20)3-6-15(14)22)10-17-23-16-9-12(21)4-5-13(16)18(26)24-17/h3-6,8-9H,2,7,10H2,1H3,(H,23,24,26). The Kier molecular flexibility index (Phi) is 6.19. The Balaban J connectivity index is 1.97. The molecule has 3 rings (SSSR count). The number of fused-ring (bicyclic) bond motifs is 1. The summed E-state index contributed by atoms with van der Waals surface area (Å²) in [6.07, 6.45) is 0.751. The molecule has 0 aliphatic heterocycles. The van der Waals surface area contributed by atoms with Gasteiger partial charge in [-0.3, -0.25) is 9.59 Å². The molecule has 27 heavy (non-hydrogen) atoms. The fourth-order valence-corrected chi connectivity index (χ4v) is 3.50. The van der Waals surface area contributed by atoms with Crippen molar-refractivity contribution in [2.75, 3.05) is 6.54 Å². The van der Waals surface area contributed by atoms with Crippen LogP contribution in [0.1, 0.15) is 29.5 Å². The number of hydrogen-bond donors (Lipinski definition) is 1. The second kappa shape index (κ2) is 8.42. The zero-order chi connectivity index (χ0) is 19.6. The lowest BCUT2D eigenvalue weighted by molar-refractivity contribution is 0.0739. The van der Waals surface area contributed by atoms with Crippen molar-refractivity contribution in [3.63, 3.8) is 0 Å². The van der Waals surface area contributed by atoms with Crippen LogP contribution in [0.4, 0.5) is 0 Å². The van der Waals surface area contributed by atoms with Crippen LogP contribution in [0.5, 0.6) is 0 Å². The van der Waals surface area contributed by atoms with Crippen LogP contribution in [0, 0.1) is 0 Å². The number of aromatic nitrogens is 2. The molecule has 8 heteroatoms. The third-order valence-corrected chi connectivity index (χ3v) is 5.06. The number of nitrogens with zero attached hydrogens (tertiary/aromatic N) is 2. The predicted molar refractivity (Wildman–Crippen MR) is 112 cm³/mol. The lowest BCUT2D eigenvalue weighted by Gasteiger charge is -2.22. The highest BCUT2D eigenvalue weighted by atomic mass is 79.9. The summed E-state index contributed by atoms with van der Waals surface area (Å²) in [6.45, 7) is 2.63. The number of carbonyl (C=O) groups excluding carboxylic acids is 1. The third-order valence-electron chi connectivity index (χ3n) is 4.00. The van der Waals surface area contributed by atoms with E-state index in [9.17, 15) is 9.59 Å². The first-order chi connectivity index (χ1) is 12.9. The summed E-state index contributed by atoms with van der Waals surface area (Å²) in [6, 6.07) is 10.0. The zero-order valence-electron chi connectivity index (χ0n) is 14.4. The molecule has 140 valence electrons. The molecule has 3 aromatic rings. The fraction of sp³-hybridized carbons (Fsp3) is 0.211. The van der Waals surface area contributed by atoms with Crippen LogP contribution < -0.4 is 5.56 Å².